The zero-order chi connectivity index (χ0) is 11.5. The summed E-state index contributed by atoms with van der Waals surface area (Å²) in [5, 5.41) is 9.78. The summed E-state index contributed by atoms with van der Waals surface area (Å²) < 4.78 is 5.95. The Hall–Kier alpha value is -1.69. The highest BCUT2D eigenvalue weighted by molar-refractivity contribution is 9.10. The molecule has 0 atom stereocenters. The Labute approximate surface area is 100.0 Å². The summed E-state index contributed by atoms with van der Waals surface area (Å²) in [4.78, 5) is 11.7. The number of benzene rings is 1. The third-order valence-corrected chi connectivity index (χ3v) is 2.38. The number of carbonyl (C=O) groups excluding carboxylic acids is 1. The highest BCUT2D eigenvalue weighted by Gasteiger charge is 2.09. The molecule has 0 saturated carbocycles. The van der Waals surface area contributed by atoms with E-state index in [1.54, 1.807) is 31.2 Å². The molecule has 1 N–H and O–H groups in total. The van der Waals surface area contributed by atoms with Crippen LogP contribution in [-0.2, 0) is 0 Å². The molecule has 0 fully saturated rings. The SMILES string of the molecule is Cc1nnc(NC(=O)c2ccc(Br)cc2)o1. The van der Waals surface area contributed by atoms with Gasteiger partial charge in [-0.15, -0.1) is 5.10 Å². The maximum Gasteiger partial charge on any atom is 0.322 e. The second-order valence-electron chi connectivity index (χ2n) is 3.09. The largest absolute Gasteiger partial charge is 0.408 e. The van der Waals surface area contributed by atoms with Gasteiger partial charge in [-0.25, -0.2) is 0 Å². The summed E-state index contributed by atoms with van der Waals surface area (Å²) in [6.07, 6.45) is 0. The number of aryl methyl sites for hydroxylation is 1. The summed E-state index contributed by atoms with van der Waals surface area (Å²) in [6, 6.07) is 7.07. The minimum atomic E-state index is -0.281. The van der Waals surface area contributed by atoms with Crippen LogP contribution in [0.4, 0.5) is 6.01 Å². The number of amides is 1. The standard InChI is InChI=1S/C10H8BrN3O2/c1-6-13-14-10(16-6)12-9(15)7-2-4-8(11)5-3-7/h2-5H,1H3,(H,12,14,15). The van der Waals surface area contributed by atoms with Crippen molar-refractivity contribution >= 4 is 27.9 Å². The molecule has 0 aliphatic rings. The lowest BCUT2D eigenvalue weighted by Gasteiger charge is -1.99. The predicted octanol–water partition coefficient (Wildman–Crippen LogP) is 2.39. The van der Waals surface area contributed by atoms with Crippen molar-refractivity contribution in [2.24, 2.45) is 0 Å². The second kappa shape index (κ2) is 4.44. The van der Waals surface area contributed by atoms with E-state index >= 15 is 0 Å². The molecule has 0 bridgehead atoms. The second-order valence-corrected chi connectivity index (χ2v) is 4.00. The average Bonchev–Trinajstić information content (AvgIpc) is 2.65. The maximum absolute atomic E-state index is 11.7. The van der Waals surface area contributed by atoms with E-state index in [-0.39, 0.29) is 11.9 Å². The van der Waals surface area contributed by atoms with Crippen molar-refractivity contribution in [1.29, 1.82) is 0 Å². The van der Waals surface area contributed by atoms with Crippen molar-refractivity contribution in [1.82, 2.24) is 10.2 Å². The Bertz CT molecular complexity index is 507. The molecule has 0 unspecified atom stereocenters. The third-order valence-electron chi connectivity index (χ3n) is 1.85. The number of nitrogens with one attached hydrogen (secondary N) is 1. The van der Waals surface area contributed by atoms with Crippen molar-refractivity contribution in [3.8, 4) is 0 Å². The lowest BCUT2D eigenvalue weighted by atomic mass is 10.2. The number of rotatable bonds is 2. The summed E-state index contributed by atoms with van der Waals surface area (Å²) in [5.74, 6) is 0.127. The molecule has 1 aromatic heterocycles. The van der Waals surface area contributed by atoms with Gasteiger partial charge in [-0.2, -0.15) is 0 Å². The normalized spacial score (nSPS) is 10.1. The fourth-order valence-electron chi connectivity index (χ4n) is 1.12. The molecular weight excluding hydrogens is 274 g/mol. The fraction of sp³-hybridized carbons (Fsp3) is 0.100. The van der Waals surface area contributed by atoms with Gasteiger partial charge in [-0.05, 0) is 24.3 Å². The van der Waals surface area contributed by atoms with Gasteiger partial charge in [-0.1, -0.05) is 21.0 Å². The maximum atomic E-state index is 11.7. The van der Waals surface area contributed by atoms with Crippen LogP contribution in [0, 0.1) is 6.92 Å². The zero-order valence-corrected chi connectivity index (χ0v) is 9.98. The molecule has 0 saturated heterocycles. The molecule has 82 valence electrons. The van der Waals surface area contributed by atoms with E-state index in [1.165, 1.54) is 0 Å². The molecule has 0 radical (unpaired) electrons. The monoisotopic (exact) mass is 281 g/mol. The van der Waals surface area contributed by atoms with E-state index in [9.17, 15) is 4.79 Å². The first kappa shape index (κ1) is 10.8. The minimum absolute atomic E-state index is 0.102. The van der Waals surface area contributed by atoms with E-state index in [4.69, 9.17) is 4.42 Å². The van der Waals surface area contributed by atoms with Gasteiger partial charge >= 0.3 is 6.01 Å². The Morgan fingerprint density at radius 3 is 2.56 bits per heavy atom. The van der Waals surface area contributed by atoms with Crippen LogP contribution >= 0.6 is 15.9 Å². The topological polar surface area (TPSA) is 68.0 Å². The molecule has 0 spiro atoms. The van der Waals surface area contributed by atoms with Crippen LogP contribution in [0.3, 0.4) is 0 Å². The molecule has 1 amide bonds. The molecule has 6 heteroatoms. The van der Waals surface area contributed by atoms with Gasteiger partial charge in [0, 0.05) is 17.0 Å². The predicted molar refractivity (Wildman–Crippen MR) is 61.1 cm³/mol. The number of aromatic nitrogens is 2. The van der Waals surface area contributed by atoms with E-state index in [1.807, 2.05) is 0 Å². The van der Waals surface area contributed by atoms with Crippen molar-refractivity contribution in [3.05, 3.63) is 40.2 Å². The fourth-order valence-corrected chi connectivity index (χ4v) is 1.38. The van der Waals surface area contributed by atoms with Gasteiger partial charge in [0.15, 0.2) is 0 Å². The van der Waals surface area contributed by atoms with Gasteiger partial charge < -0.3 is 4.42 Å². The summed E-state index contributed by atoms with van der Waals surface area (Å²) in [7, 11) is 0. The first-order chi connectivity index (χ1) is 7.65. The first-order valence-electron chi connectivity index (χ1n) is 4.52. The number of hydrogen-bond acceptors (Lipinski definition) is 4. The molecule has 0 aliphatic heterocycles. The smallest absolute Gasteiger partial charge is 0.322 e. The molecule has 2 rings (SSSR count). The van der Waals surface area contributed by atoms with Crippen LogP contribution in [0.2, 0.25) is 0 Å². The molecule has 1 heterocycles. The van der Waals surface area contributed by atoms with Gasteiger partial charge in [0.2, 0.25) is 5.89 Å². The number of anilines is 1. The number of carbonyl (C=O) groups is 1. The Balaban J connectivity index is 2.11. The van der Waals surface area contributed by atoms with Crippen LogP contribution in [0.5, 0.6) is 0 Å². The van der Waals surface area contributed by atoms with Crippen molar-refractivity contribution in [3.63, 3.8) is 0 Å². The summed E-state index contributed by atoms with van der Waals surface area (Å²) >= 11 is 3.29. The van der Waals surface area contributed by atoms with Crippen LogP contribution in [0.1, 0.15) is 16.2 Å². The number of nitrogens with zero attached hydrogens (tertiary/aromatic N) is 2. The lowest BCUT2D eigenvalue weighted by molar-refractivity contribution is 0.102. The average molecular weight is 282 g/mol. The third kappa shape index (κ3) is 2.46. The number of hydrogen-bond donors (Lipinski definition) is 1. The van der Waals surface area contributed by atoms with Crippen molar-refractivity contribution in [2.75, 3.05) is 5.32 Å². The van der Waals surface area contributed by atoms with E-state index in [0.717, 1.165) is 4.47 Å². The van der Waals surface area contributed by atoms with Crippen molar-refractivity contribution in [2.45, 2.75) is 6.92 Å². The lowest BCUT2D eigenvalue weighted by Crippen LogP contribution is -2.11. The quantitative estimate of drug-likeness (QED) is 0.918. The Morgan fingerprint density at radius 1 is 1.31 bits per heavy atom. The van der Waals surface area contributed by atoms with Crippen LogP contribution in [0.25, 0.3) is 0 Å². The summed E-state index contributed by atoms with van der Waals surface area (Å²) in [6.45, 7) is 1.66. The van der Waals surface area contributed by atoms with Gasteiger partial charge in [-0.3, -0.25) is 10.1 Å². The minimum Gasteiger partial charge on any atom is -0.408 e. The molecule has 16 heavy (non-hydrogen) atoms. The van der Waals surface area contributed by atoms with Gasteiger partial charge in [0.05, 0.1) is 0 Å². The summed E-state index contributed by atoms with van der Waals surface area (Å²) in [5.41, 5.74) is 0.527. The molecular formula is C10H8BrN3O2. The molecule has 1 aromatic carbocycles. The highest BCUT2D eigenvalue weighted by atomic mass is 79.9. The van der Waals surface area contributed by atoms with Crippen LogP contribution in [-0.4, -0.2) is 16.1 Å². The highest BCUT2D eigenvalue weighted by Crippen LogP contribution is 2.12. The first-order valence-corrected chi connectivity index (χ1v) is 5.31. The van der Waals surface area contributed by atoms with E-state index in [0.29, 0.717) is 11.5 Å². The van der Waals surface area contributed by atoms with Gasteiger partial charge in [0.25, 0.3) is 5.91 Å². The molecule has 2 aromatic rings. The van der Waals surface area contributed by atoms with E-state index < -0.39 is 0 Å². The van der Waals surface area contributed by atoms with Crippen molar-refractivity contribution < 1.29 is 9.21 Å². The zero-order valence-electron chi connectivity index (χ0n) is 8.40. The van der Waals surface area contributed by atoms with Crippen LogP contribution in [0.15, 0.2) is 33.2 Å². The number of halogens is 1. The van der Waals surface area contributed by atoms with Gasteiger partial charge in [0.1, 0.15) is 0 Å². The van der Waals surface area contributed by atoms with Crippen LogP contribution < -0.4 is 5.32 Å². The Morgan fingerprint density at radius 2 is 2.00 bits per heavy atom. The molecule has 0 aliphatic carbocycles. The molecule has 5 nitrogen and oxygen atoms in total. The Kier molecular flexibility index (Phi) is 3.00. The van der Waals surface area contributed by atoms with E-state index in [2.05, 4.69) is 31.4 Å².